The van der Waals surface area contributed by atoms with E-state index >= 15 is 0 Å². The van der Waals surface area contributed by atoms with Crippen LogP contribution in [0.2, 0.25) is 0 Å². The van der Waals surface area contributed by atoms with Crippen molar-refractivity contribution in [2.24, 2.45) is 0 Å². The first-order chi connectivity index (χ1) is 6.93. The fraction of sp³-hybridized carbons (Fsp3) is 0. The second kappa shape index (κ2) is 30.1. The van der Waals surface area contributed by atoms with Gasteiger partial charge in [-0.1, -0.05) is 0 Å². The van der Waals surface area contributed by atoms with Crippen LogP contribution in [-0.2, 0) is 0 Å². The second-order valence-electron chi connectivity index (χ2n) is 1.39. The van der Waals surface area contributed by atoms with Gasteiger partial charge < -0.3 is 72.6 Å². The zero-order valence-electron chi connectivity index (χ0n) is 9.09. The van der Waals surface area contributed by atoms with Crippen LogP contribution in [0.1, 0.15) is 0 Å². The summed E-state index contributed by atoms with van der Waals surface area (Å²) in [7, 11) is -8.67. The predicted molar refractivity (Wildman–Crippen MR) is 59.7 cm³/mol. The number of hydrogen-bond acceptors (Lipinski definition) is 14. The number of rotatable bonds is 0. The Morgan fingerprint density at radius 3 is 0.278 bits per heavy atom. The van der Waals surface area contributed by atoms with Gasteiger partial charge in [0.1, 0.15) is 0 Å². The molecule has 0 aromatic carbocycles. The summed E-state index contributed by atoms with van der Waals surface area (Å²) in [6.07, 6.45) is 0. The fourth-order valence-electron chi connectivity index (χ4n) is 0. The summed E-state index contributed by atoms with van der Waals surface area (Å²) in [6.45, 7) is 0. The Bertz CT molecular complexity index is 65.1. The minimum absolute atomic E-state index is 0. The Labute approximate surface area is 103 Å². The zero-order chi connectivity index (χ0) is 14.3. The molecule has 0 aliphatic heterocycles. The van der Waals surface area contributed by atoms with Crippen molar-refractivity contribution in [1.82, 2.24) is 12.3 Å². The molecule has 0 atom stereocenters. The van der Waals surface area contributed by atoms with Crippen LogP contribution < -0.4 is 12.3 Å². The Hall–Kier alpha value is -0.300. The first kappa shape index (κ1) is 36.1. The van der Waals surface area contributed by atoms with Crippen molar-refractivity contribution >= 4 is 29.3 Å². The molecule has 0 bridgehead atoms. The molecule has 0 saturated carbocycles. The van der Waals surface area contributed by atoms with Crippen molar-refractivity contribution in [2.45, 2.75) is 0 Å². The van der Waals surface area contributed by atoms with E-state index in [0.29, 0.717) is 0 Å². The molecule has 0 fully saturated rings. The molecule has 0 aromatic rings. The van der Waals surface area contributed by atoms with Crippen LogP contribution in [0.15, 0.2) is 0 Å². The molecule has 0 amide bonds. The zero-order valence-corrected chi connectivity index (χ0v) is 9.09. The van der Waals surface area contributed by atoms with Gasteiger partial charge in [0.2, 0.25) is 0 Å². The predicted octanol–water partition coefficient (Wildman–Crippen LogP) is -7.88. The van der Waals surface area contributed by atoms with Gasteiger partial charge in [0.05, 0.1) is 0 Å². The van der Waals surface area contributed by atoms with Gasteiger partial charge in [0.25, 0.3) is 0 Å². The third kappa shape index (κ3) is 37600. The summed E-state index contributed by atoms with van der Waals surface area (Å²) in [5, 5.41) is 86.0. The minimum Gasteiger partial charge on any atom is -0.402 e. The SMILES string of the molecule is N.N.OB(O)O.OB(O)O.OB(O)O.OB(O)O. The average Bonchev–Trinajstić information content (AvgIpc) is 1.76. The standard InChI is InChI=1S/4BH3O3.2H3N/c4*2-1(3)4;;/h4*2-4H;2*1H3. The van der Waals surface area contributed by atoms with Crippen LogP contribution in [0.4, 0.5) is 0 Å². The quantitative estimate of drug-likeness (QED) is 0.183. The highest BCUT2D eigenvalue weighted by atomic mass is 16.5. The van der Waals surface area contributed by atoms with Gasteiger partial charge in [0.15, 0.2) is 0 Å². The molecule has 112 valence electrons. The van der Waals surface area contributed by atoms with Crippen LogP contribution in [0.5, 0.6) is 0 Å². The Balaban J connectivity index is -0.0000000257. The second-order valence-corrected chi connectivity index (χ2v) is 1.39. The summed E-state index contributed by atoms with van der Waals surface area (Å²) in [5.74, 6) is 0. The number of hydrogen-bond donors (Lipinski definition) is 14. The molecule has 0 aliphatic carbocycles. The molecule has 0 aliphatic rings. The Morgan fingerprint density at radius 1 is 0.278 bits per heavy atom. The third-order valence-corrected chi connectivity index (χ3v) is 0. The largest absolute Gasteiger partial charge is 0.631 e. The van der Waals surface area contributed by atoms with Gasteiger partial charge in [0, 0.05) is 0 Å². The van der Waals surface area contributed by atoms with Gasteiger partial charge in [-0.3, -0.25) is 0 Å². The van der Waals surface area contributed by atoms with Crippen molar-refractivity contribution in [2.75, 3.05) is 0 Å². The Morgan fingerprint density at radius 2 is 0.278 bits per heavy atom. The smallest absolute Gasteiger partial charge is 0.402 e. The third-order valence-electron chi connectivity index (χ3n) is 0. The molecular formula is H18B4N2O12. The summed E-state index contributed by atoms with van der Waals surface area (Å²) in [6, 6.07) is 0. The van der Waals surface area contributed by atoms with E-state index in [0.717, 1.165) is 0 Å². The first-order valence-electron chi connectivity index (χ1n) is 3.10. The summed E-state index contributed by atoms with van der Waals surface area (Å²) in [4.78, 5) is 0. The normalized spacial score (nSPS) is 6.00. The minimum atomic E-state index is -2.17. The van der Waals surface area contributed by atoms with Crippen molar-refractivity contribution < 1.29 is 60.3 Å². The molecule has 18 heteroatoms. The summed E-state index contributed by atoms with van der Waals surface area (Å²) >= 11 is 0. The molecule has 0 aromatic heterocycles. The molecule has 0 spiro atoms. The van der Waals surface area contributed by atoms with E-state index in [4.69, 9.17) is 60.3 Å². The van der Waals surface area contributed by atoms with Crippen LogP contribution in [0.25, 0.3) is 0 Å². The van der Waals surface area contributed by atoms with Crippen molar-refractivity contribution in [1.29, 1.82) is 0 Å². The lowest BCUT2D eigenvalue weighted by molar-refractivity contribution is 0.276. The maximum Gasteiger partial charge on any atom is 0.631 e. The van der Waals surface area contributed by atoms with Crippen LogP contribution >= 0.6 is 0 Å². The molecule has 18 N–H and O–H groups in total. The molecule has 0 heterocycles. The summed E-state index contributed by atoms with van der Waals surface area (Å²) in [5.41, 5.74) is 0. The van der Waals surface area contributed by atoms with E-state index in [9.17, 15) is 0 Å². The molecule has 0 unspecified atom stereocenters. The van der Waals surface area contributed by atoms with Gasteiger partial charge in [-0.05, 0) is 0 Å². The van der Waals surface area contributed by atoms with E-state index in [-0.39, 0.29) is 12.3 Å². The lowest BCUT2D eigenvalue weighted by Gasteiger charge is -1.69. The first-order valence-corrected chi connectivity index (χ1v) is 3.10. The molecule has 18 heavy (non-hydrogen) atoms. The highest BCUT2D eigenvalue weighted by molar-refractivity contribution is 6.31. The van der Waals surface area contributed by atoms with E-state index in [1.807, 2.05) is 0 Å². The lowest BCUT2D eigenvalue weighted by Crippen LogP contribution is -2.07. The monoisotopic (exact) mass is 282 g/mol. The molecule has 0 saturated heterocycles. The molecule has 0 radical (unpaired) electrons. The van der Waals surface area contributed by atoms with E-state index in [2.05, 4.69) is 0 Å². The Kier molecular flexibility index (Phi) is 60.2. The van der Waals surface area contributed by atoms with Crippen LogP contribution in [-0.4, -0.2) is 89.6 Å². The maximum absolute atomic E-state index is 7.17. The average molecular weight is 281 g/mol. The van der Waals surface area contributed by atoms with Crippen molar-refractivity contribution in [3.8, 4) is 0 Å². The highest BCUT2D eigenvalue weighted by Gasteiger charge is 1.93. The van der Waals surface area contributed by atoms with Crippen LogP contribution in [0.3, 0.4) is 0 Å². The molecule has 14 nitrogen and oxygen atoms in total. The van der Waals surface area contributed by atoms with Crippen molar-refractivity contribution in [3.63, 3.8) is 0 Å². The molecular weight excluding hydrogens is 263 g/mol. The summed E-state index contributed by atoms with van der Waals surface area (Å²) < 4.78 is 0. The topological polar surface area (TPSA) is 313 Å². The maximum atomic E-state index is 7.17. The molecule has 0 rings (SSSR count). The van der Waals surface area contributed by atoms with Gasteiger partial charge in [-0.25, -0.2) is 0 Å². The van der Waals surface area contributed by atoms with E-state index in [1.54, 1.807) is 0 Å². The van der Waals surface area contributed by atoms with Gasteiger partial charge >= 0.3 is 29.3 Å². The van der Waals surface area contributed by atoms with Crippen LogP contribution in [0, 0.1) is 0 Å². The van der Waals surface area contributed by atoms with E-state index in [1.165, 1.54) is 0 Å². The lowest BCUT2D eigenvalue weighted by atomic mass is 10.3. The highest BCUT2D eigenvalue weighted by Crippen LogP contribution is 1.41. The van der Waals surface area contributed by atoms with Gasteiger partial charge in [-0.2, -0.15) is 0 Å². The fourth-order valence-corrected chi connectivity index (χ4v) is 0. The van der Waals surface area contributed by atoms with E-state index < -0.39 is 29.3 Å². The van der Waals surface area contributed by atoms with Gasteiger partial charge in [-0.15, -0.1) is 0 Å². The van der Waals surface area contributed by atoms with Crippen molar-refractivity contribution in [3.05, 3.63) is 0 Å².